The molecule has 0 saturated carbocycles. The van der Waals surface area contributed by atoms with Crippen LogP contribution in [-0.4, -0.2) is 35.6 Å². The fourth-order valence-electron chi connectivity index (χ4n) is 2.68. The summed E-state index contributed by atoms with van der Waals surface area (Å²) in [5.74, 6) is 0.492. The lowest BCUT2D eigenvalue weighted by Crippen LogP contribution is -2.30. The summed E-state index contributed by atoms with van der Waals surface area (Å²) in [5.41, 5.74) is 2.10. The second-order valence-electron chi connectivity index (χ2n) is 5.77. The number of hydrogen-bond acceptors (Lipinski definition) is 5. The molecule has 0 aromatic carbocycles. The molecule has 5 nitrogen and oxygen atoms in total. The van der Waals surface area contributed by atoms with Crippen LogP contribution in [0.3, 0.4) is 0 Å². The largest absolute Gasteiger partial charge is 0.381 e. The van der Waals surface area contributed by atoms with Crippen molar-refractivity contribution in [3.05, 3.63) is 35.6 Å². The molecule has 3 rings (SSSR count). The number of carbonyl (C=O) groups excluding carboxylic acids is 1. The van der Waals surface area contributed by atoms with E-state index in [1.54, 1.807) is 23.7 Å². The van der Waals surface area contributed by atoms with E-state index in [0.29, 0.717) is 18.9 Å². The summed E-state index contributed by atoms with van der Waals surface area (Å²) in [4.78, 5) is 20.6. The van der Waals surface area contributed by atoms with Crippen molar-refractivity contribution in [1.82, 2.24) is 15.3 Å². The van der Waals surface area contributed by atoms with Crippen molar-refractivity contribution < 1.29 is 9.53 Å². The van der Waals surface area contributed by atoms with Gasteiger partial charge >= 0.3 is 0 Å². The van der Waals surface area contributed by atoms with Crippen LogP contribution in [0.4, 0.5) is 0 Å². The summed E-state index contributed by atoms with van der Waals surface area (Å²) in [6, 6.07) is 3.91. The number of amides is 1. The van der Waals surface area contributed by atoms with Crippen LogP contribution < -0.4 is 5.32 Å². The Balaban J connectivity index is 1.42. The normalized spacial score (nSPS) is 17.8. The molecule has 1 N–H and O–H groups in total. The average molecular weight is 331 g/mol. The third kappa shape index (κ3) is 4.84. The minimum atomic E-state index is 0.116. The van der Waals surface area contributed by atoms with Gasteiger partial charge in [-0.05, 0) is 30.9 Å². The van der Waals surface area contributed by atoms with Crippen molar-refractivity contribution in [3.8, 4) is 10.6 Å². The lowest BCUT2D eigenvalue weighted by molar-refractivity contribution is -0.123. The van der Waals surface area contributed by atoms with Gasteiger partial charge < -0.3 is 10.1 Å². The van der Waals surface area contributed by atoms with Crippen molar-refractivity contribution in [2.24, 2.45) is 5.92 Å². The zero-order valence-electron chi connectivity index (χ0n) is 13.0. The van der Waals surface area contributed by atoms with Gasteiger partial charge in [0, 0.05) is 55.9 Å². The van der Waals surface area contributed by atoms with Gasteiger partial charge in [0.05, 0.1) is 5.69 Å². The van der Waals surface area contributed by atoms with Gasteiger partial charge in [-0.15, -0.1) is 11.3 Å². The molecule has 122 valence electrons. The summed E-state index contributed by atoms with van der Waals surface area (Å²) >= 11 is 1.62. The van der Waals surface area contributed by atoms with Crippen molar-refractivity contribution in [2.45, 2.75) is 25.7 Å². The van der Waals surface area contributed by atoms with Gasteiger partial charge in [0.1, 0.15) is 5.01 Å². The molecular formula is C17H21N3O2S. The number of nitrogens with one attached hydrogen (secondary N) is 1. The smallest absolute Gasteiger partial charge is 0.220 e. The molecule has 0 spiro atoms. The third-order valence-corrected chi connectivity index (χ3v) is 4.85. The van der Waals surface area contributed by atoms with E-state index in [0.717, 1.165) is 48.7 Å². The summed E-state index contributed by atoms with van der Waals surface area (Å²) in [6.45, 7) is 2.18. The van der Waals surface area contributed by atoms with Crippen LogP contribution >= 0.6 is 11.3 Å². The number of pyridine rings is 1. The zero-order valence-corrected chi connectivity index (χ0v) is 13.8. The molecule has 0 radical (unpaired) electrons. The number of aromatic nitrogens is 2. The Labute approximate surface area is 140 Å². The molecule has 1 amide bonds. The fourth-order valence-corrected chi connectivity index (χ4v) is 3.54. The Hall–Kier alpha value is -1.79. The molecule has 3 heterocycles. The number of carbonyl (C=O) groups is 1. The molecular weight excluding hydrogens is 310 g/mol. The summed E-state index contributed by atoms with van der Waals surface area (Å²) in [7, 11) is 0. The number of nitrogens with zero attached hydrogens (tertiary/aromatic N) is 2. The van der Waals surface area contributed by atoms with E-state index >= 15 is 0 Å². The van der Waals surface area contributed by atoms with Crippen LogP contribution in [0.1, 0.15) is 25.0 Å². The maximum Gasteiger partial charge on any atom is 0.220 e. The SMILES string of the molecule is O=C(CC1CCCOC1)NCCc1csc(-c2ccncc2)n1. The quantitative estimate of drug-likeness (QED) is 0.884. The van der Waals surface area contributed by atoms with Gasteiger partial charge in [0.15, 0.2) is 0 Å². The van der Waals surface area contributed by atoms with Crippen LogP contribution in [0, 0.1) is 5.92 Å². The van der Waals surface area contributed by atoms with E-state index in [9.17, 15) is 4.79 Å². The zero-order chi connectivity index (χ0) is 15.9. The highest BCUT2D eigenvalue weighted by molar-refractivity contribution is 7.13. The van der Waals surface area contributed by atoms with E-state index < -0.39 is 0 Å². The van der Waals surface area contributed by atoms with Crippen LogP contribution in [0.2, 0.25) is 0 Å². The molecule has 2 aromatic heterocycles. The van der Waals surface area contributed by atoms with Gasteiger partial charge in [-0.3, -0.25) is 9.78 Å². The lowest BCUT2D eigenvalue weighted by atomic mass is 9.98. The summed E-state index contributed by atoms with van der Waals surface area (Å²) in [5, 5.41) is 6.03. The van der Waals surface area contributed by atoms with Gasteiger partial charge in [-0.25, -0.2) is 4.98 Å². The lowest BCUT2D eigenvalue weighted by Gasteiger charge is -2.21. The predicted octanol–water partition coefficient (Wildman–Crippen LogP) is 2.68. The fraction of sp³-hybridized carbons (Fsp3) is 0.471. The number of hydrogen-bond donors (Lipinski definition) is 1. The predicted molar refractivity (Wildman–Crippen MR) is 90.2 cm³/mol. The van der Waals surface area contributed by atoms with Gasteiger partial charge in [0.2, 0.25) is 5.91 Å². The molecule has 1 aliphatic rings. The Morgan fingerprint density at radius 2 is 2.26 bits per heavy atom. The molecule has 23 heavy (non-hydrogen) atoms. The molecule has 0 bridgehead atoms. The molecule has 0 aliphatic carbocycles. The van der Waals surface area contributed by atoms with Crippen LogP contribution in [0.25, 0.3) is 10.6 Å². The van der Waals surface area contributed by atoms with Crippen LogP contribution in [-0.2, 0) is 16.0 Å². The molecule has 1 unspecified atom stereocenters. The van der Waals surface area contributed by atoms with Gasteiger partial charge in [-0.2, -0.15) is 0 Å². The standard InChI is InChI=1S/C17H21N3O2S/c21-16(10-13-2-1-9-22-11-13)19-8-5-15-12-23-17(20-15)14-3-6-18-7-4-14/h3-4,6-7,12-13H,1-2,5,8-11H2,(H,19,21). The monoisotopic (exact) mass is 331 g/mol. The second kappa shape index (κ2) is 8.17. The van der Waals surface area contributed by atoms with E-state index in [4.69, 9.17) is 4.74 Å². The first-order valence-electron chi connectivity index (χ1n) is 8.00. The van der Waals surface area contributed by atoms with E-state index in [1.807, 2.05) is 12.1 Å². The van der Waals surface area contributed by atoms with Crippen LogP contribution in [0.5, 0.6) is 0 Å². The molecule has 2 aromatic rings. The first-order valence-corrected chi connectivity index (χ1v) is 8.88. The van der Waals surface area contributed by atoms with Crippen molar-refractivity contribution in [3.63, 3.8) is 0 Å². The maximum absolute atomic E-state index is 11.9. The van der Waals surface area contributed by atoms with Gasteiger partial charge in [-0.1, -0.05) is 0 Å². The van der Waals surface area contributed by atoms with Crippen molar-refractivity contribution in [1.29, 1.82) is 0 Å². The Morgan fingerprint density at radius 3 is 3.04 bits per heavy atom. The number of rotatable bonds is 6. The summed E-state index contributed by atoms with van der Waals surface area (Å²) in [6.07, 6.45) is 7.02. The second-order valence-corrected chi connectivity index (χ2v) is 6.63. The highest BCUT2D eigenvalue weighted by Crippen LogP contribution is 2.23. The summed E-state index contributed by atoms with van der Waals surface area (Å²) < 4.78 is 5.41. The number of thiazole rings is 1. The maximum atomic E-state index is 11.9. The molecule has 1 aliphatic heterocycles. The Morgan fingerprint density at radius 1 is 1.39 bits per heavy atom. The topological polar surface area (TPSA) is 64.1 Å². The minimum Gasteiger partial charge on any atom is -0.381 e. The van der Waals surface area contributed by atoms with E-state index in [2.05, 4.69) is 20.7 Å². The minimum absolute atomic E-state index is 0.116. The third-order valence-electron chi connectivity index (χ3n) is 3.91. The van der Waals surface area contributed by atoms with Crippen molar-refractivity contribution in [2.75, 3.05) is 19.8 Å². The molecule has 6 heteroatoms. The highest BCUT2D eigenvalue weighted by Gasteiger charge is 2.17. The Bertz CT molecular complexity index is 624. The van der Waals surface area contributed by atoms with E-state index in [-0.39, 0.29) is 5.91 Å². The van der Waals surface area contributed by atoms with E-state index in [1.165, 1.54) is 0 Å². The molecule has 1 atom stereocenters. The number of ether oxygens (including phenoxy) is 1. The first-order chi connectivity index (χ1) is 11.3. The van der Waals surface area contributed by atoms with Crippen molar-refractivity contribution >= 4 is 17.2 Å². The Kier molecular flexibility index (Phi) is 5.71. The molecule has 1 fully saturated rings. The van der Waals surface area contributed by atoms with Crippen LogP contribution in [0.15, 0.2) is 29.9 Å². The first kappa shape index (κ1) is 16.1. The van der Waals surface area contributed by atoms with Gasteiger partial charge in [0.25, 0.3) is 0 Å². The average Bonchev–Trinajstić information content (AvgIpc) is 3.05. The molecule has 1 saturated heterocycles. The highest BCUT2D eigenvalue weighted by atomic mass is 32.1.